The molecule has 1 unspecified atom stereocenters. The molecule has 1 N–H and O–H groups in total. The fraction of sp³-hybridized carbons (Fsp3) is 0.500. The molecule has 0 saturated carbocycles. The first kappa shape index (κ1) is 11.3. The lowest BCUT2D eigenvalue weighted by molar-refractivity contribution is 0.621. The Kier molecular flexibility index (Phi) is 4.73. The van der Waals surface area contributed by atoms with E-state index in [4.69, 9.17) is 0 Å². The summed E-state index contributed by atoms with van der Waals surface area (Å²) < 4.78 is 12.5. The Balaban J connectivity index is 2.28. The number of nitrogens with zero attached hydrogens (tertiary/aromatic N) is 1. The van der Waals surface area contributed by atoms with Crippen LogP contribution in [0.25, 0.3) is 0 Å². The average Bonchev–Trinajstić information content (AvgIpc) is 2.21. The van der Waals surface area contributed by atoms with Crippen molar-refractivity contribution in [3.8, 4) is 0 Å². The van der Waals surface area contributed by atoms with Gasteiger partial charge in [0.05, 0.1) is 6.20 Å². The summed E-state index contributed by atoms with van der Waals surface area (Å²) in [5.74, 6) is 0.438. The lowest BCUT2D eigenvalue weighted by Gasteiger charge is -2.09. The molecule has 1 atom stereocenters. The van der Waals surface area contributed by atoms with Crippen LogP contribution in [-0.4, -0.2) is 23.0 Å². The third kappa shape index (κ3) is 3.96. The molecule has 0 spiro atoms. The first-order valence-electron chi connectivity index (χ1n) is 4.60. The van der Waals surface area contributed by atoms with Gasteiger partial charge in [-0.2, -0.15) is 11.8 Å². The minimum atomic E-state index is -0.298. The van der Waals surface area contributed by atoms with E-state index in [0.29, 0.717) is 5.25 Å². The number of anilines is 1. The molecule has 4 heteroatoms. The number of aromatic nitrogens is 1. The van der Waals surface area contributed by atoms with Crippen molar-refractivity contribution in [3.05, 3.63) is 24.1 Å². The molecule has 2 nitrogen and oxygen atoms in total. The van der Waals surface area contributed by atoms with Crippen LogP contribution in [0.15, 0.2) is 18.3 Å². The Morgan fingerprint density at radius 2 is 2.36 bits per heavy atom. The zero-order chi connectivity index (χ0) is 10.4. The first-order chi connectivity index (χ1) is 6.72. The van der Waals surface area contributed by atoms with Gasteiger partial charge < -0.3 is 5.32 Å². The highest BCUT2D eigenvalue weighted by molar-refractivity contribution is 7.99. The van der Waals surface area contributed by atoms with Crippen LogP contribution < -0.4 is 5.32 Å². The summed E-state index contributed by atoms with van der Waals surface area (Å²) >= 11 is 1.84. The quantitative estimate of drug-likeness (QED) is 0.815. The van der Waals surface area contributed by atoms with Crippen LogP contribution in [0.5, 0.6) is 0 Å². The van der Waals surface area contributed by atoms with E-state index in [-0.39, 0.29) is 5.82 Å². The summed E-state index contributed by atoms with van der Waals surface area (Å²) in [5, 5.41) is 3.79. The molecule has 0 radical (unpaired) electrons. The molecular weight excluding hydrogens is 199 g/mol. The highest BCUT2D eigenvalue weighted by Gasteiger charge is 1.99. The van der Waals surface area contributed by atoms with E-state index in [1.54, 1.807) is 6.07 Å². The normalized spacial score (nSPS) is 12.5. The zero-order valence-corrected chi connectivity index (χ0v) is 9.27. The summed E-state index contributed by atoms with van der Waals surface area (Å²) in [7, 11) is 0. The van der Waals surface area contributed by atoms with Crippen LogP contribution in [0.3, 0.4) is 0 Å². The molecule has 1 rings (SSSR count). The van der Waals surface area contributed by atoms with Crippen LogP contribution in [0.2, 0.25) is 0 Å². The number of hydrogen-bond donors (Lipinski definition) is 1. The molecule has 0 aromatic carbocycles. The number of halogens is 1. The average molecular weight is 214 g/mol. The highest BCUT2D eigenvalue weighted by Crippen LogP contribution is 2.10. The van der Waals surface area contributed by atoms with Gasteiger partial charge >= 0.3 is 0 Å². The standard InChI is InChI=1S/C10H15FN2S/c1-8(14-2)5-6-12-10-4-3-9(11)7-13-10/h3-4,7-8H,5-6H2,1-2H3,(H,12,13). The summed E-state index contributed by atoms with van der Waals surface area (Å²) in [5.41, 5.74) is 0. The predicted molar refractivity (Wildman–Crippen MR) is 60.3 cm³/mol. The predicted octanol–water partition coefficient (Wildman–Crippen LogP) is 2.77. The lowest BCUT2D eigenvalue weighted by atomic mass is 10.3. The van der Waals surface area contributed by atoms with Gasteiger partial charge in [-0.15, -0.1) is 0 Å². The van der Waals surface area contributed by atoms with Crippen molar-refractivity contribution < 1.29 is 4.39 Å². The number of nitrogens with one attached hydrogen (secondary N) is 1. The molecule has 78 valence electrons. The maximum Gasteiger partial charge on any atom is 0.141 e. The maximum absolute atomic E-state index is 12.5. The van der Waals surface area contributed by atoms with E-state index in [2.05, 4.69) is 23.5 Å². The molecule has 14 heavy (non-hydrogen) atoms. The smallest absolute Gasteiger partial charge is 0.141 e. The Morgan fingerprint density at radius 1 is 1.57 bits per heavy atom. The molecule has 0 amide bonds. The van der Waals surface area contributed by atoms with E-state index in [0.717, 1.165) is 18.8 Å². The number of thioether (sulfide) groups is 1. The summed E-state index contributed by atoms with van der Waals surface area (Å²) in [6.07, 6.45) is 4.40. The third-order valence-electron chi connectivity index (χ3n) is 1.99. The fourth-order valence-corrected chi connectivity index (χ4v) is 1.36. The van der Waals surface area contributed by atoms with Gasteiger partial charge in [0.25, 0.3) is 0 Å². The van der Waals surface area contributed by atoms with E-state index in [1.807, 2.05) is 11.8 Å². The first-order valence-corrected chi connectivity index (χ1v) is 5.89. The second-order valence-corrected chi connectivity index (χ2v) is 4.40. The molecule has 1 aromatic rings. The number of hydrogen-bond acceptors (Lipinski definition) is 3. The Bertz CT molecular complexity index is 263. The van der Waals surface area contributed by atoms with Gasteiger partial charge in [-0.1, -0.05) is 6.92 Å². The van der Waals surface area contributed by atoms with Gasteiger partial charge in [-0.25, -0.2) is 9.37 Å². The topological polar surface area (TPSA) is 24.9 Å². The Labute approximate surface area is 88.3 Å². The van der Waals surface area contributed by atoms with E-state index < -0.39 is 0 Å². The second kappa shape index (κ2) is 5.86. The van der Waals surface area contributed by atoms with Crippen LogP contribution in [-0.2, 0) is 0 Å². The van der Waals surface area contributed by atoms with Crippen LogP contribution in [0, 0.1) is 5.82 Å². The van der Waals surface area contributed by atoms with Crippen molar-refractivity contribution in [3.63, 3.8) is 0 Å². The van der Waals surface area contributed by atoms with Crippen LogP contribution in [0.1, 0.15) is 13.3 Å². The van der Waals surface area contributed by atoms with Gasteiger partial charge in [-0.05, 0) is 24.8 Å². The van der Waals surface area contributed by atoms with Gasteiger partial charge in [0, 0.05) is 11.8 Å². The lowest BCUT2D eigenvalue weighted by Crippen LogP contribution is -2.08. The van der Waals surface area contributed by atoms with E-state index in [9.17, 15) is 4.39 Å². The van der Waals surface area contributed by atoms with E-state index >= 15 is 0 Å². The van der Waals surface area contributed by atoms with Gasteiger partial charge in [0.15, 0.2) is 0 Å². The van der Waals surface area contributed by atoms with Crippen molar-refractivity contribution in [2.24, 2.45) is 0 Å². The molecule has 0 aliphatic rings. The SMILES string of the molecule is CSC(C)CCNc1ccc(F)cn1. The third-order valence-corrected chi connectivity index (χ3v) is 3.03. The monoisotopic (exact) mass is 214 g/mol. The minimum Gasteiger partial charge on any atom is -0.370 e. The van der Waals surface area contributed by atoms with Crippen molar-refractivity contribution >= 4 is 17.6 Å². The largest absolute Gasteiger partial charge is 0.370 e. The molecule has 0 saturated heterocycles. The van der Waals surface area contributed by atoms with Crippen molar-refractivity contribution in [2.75, 3.05) is 18.1 Å². The van der Waals surface area contributed by atoms with Crippen molar-refractivity contribution in [2.45, 2.75) is 18.6 Å². The Morgan fingerprint density at radius 3 is 2.93 bits per heavy atom. The summed E-state index contributed by atoms with van der Waals surface area (Å²) in [6.45, 7) is 3.06. The fourth-order valence-electron chi connectivity index (χ4n) is 1.00. The zero-order valence-electron chi connectivity index (χ0n) is 8.46. The van der Waals surface area contributed by atoms with Gasteiger partial charge in [0.2, 0.25) is 0 Å². The highest BCUT2D eigenvalue weighted by atomic mass is 32.2. The second-order valence-electron chi connectivity index (χ2n) is 3.12. The molecule has 1 aromatic heterocycles. The molecule has 0 fully saturated rings. The van der Waals surface area contributed by atoms with Crippen molar-refractivity contribution in [1.29, 1.82) is 0 Å². The molecule has 1 heterocycles. The van der Waals surface area contributed by atoms with E-state index in [1.165, 1.54) is 12.3 Å². The number of pyridine rings is 1. The van der Waals surface area contributed by atoms with Gasteiger partial charge in [-0.3, -0.25) is 0 Å². The maximum atomic E-state index is 12.5. The minimum absolute atomic E-state index is 0.298. The number of rotatable bonds is 5. The van der Waals surface area contributed by atoms with Gasteiger partial charge in [0.1, 0.15) is 11.6 Å². The van der Waals surface area contributed by atoms with Crippen LogP contribution >= 0.6 is 11.8 Å². The molecular formula is C10H15FN2S. The van der Waals surface area contributed by atoms with Crippen LogP contribution in [0.4, 0.5) is 10.2 Å². The molecule has 0 bridgehead atoms. The Hall–Kier alpha value is -0.770. The summed E-state index contributed by atoms with van der Waals surface area (Å²) in [6, 6.07) is 3.06. The molecule has 0 aliphatic heterocycles. The van der Waals surface area contributed by atoms with Crippen molar-refractivity contribution in [1.82, 2.24) is 4.98 Å². The summed E-state index contributed by atoms with van der Waals surface area (Å²) in [4.78, 5) is 3.91. The molecule has 0 aliphatic carbocycles.